The van der Waals surface area contributed by atoms with E-state index in [9.17, 15) is 9.59 Å². The van der Waals surface area contributed by atoms with Gasteiger partial charge in [0.25, 0.3) is 0 Å². The SMILES string of the molecule is COC(=O)c1ccc(CN(C)C(=O)/C=C/c2ccccc2Br)cc1. The minimum absolute atomic E-state index is 0.0946. The molecule has 24 heavy (non-hydrogen) atoms. The second-order valence-electron chi connectivity index (χ2n) is 5.24. The van der Waals surface area contributed by atoms with E-state index in [-0.39, 0.29) is 11.9 Å². The third-order valence-electron chi connectivity index (χ3n) is 3.48. The van der Waals surface area contributed by atoms with Crippen LogP contribution in [0.5, 0.6) is 0 Å². The van der Waals surface area contributed by atoms with E-state index < -0.39 is 0 Å². The molecule has 0 saturated carbocycles. The molecule has 2 aromatic rings. The van der Waals surface area contributed by atoms with Crippen molar-refractivity contribution in [2.24, 2.45) is 0 Å². The molecule has 5 heteroatoms. The second kappa shape index (κ2) is 8.45. The highest BCUT2D eigenvalue weighted by Gasteiger charge is 2.08. The number of rotatable bonds is 5. The molecule has 0 aliphatic heterocycles. The number of halogens is 1. The topological polar surface area (TPSA) is 46.6 Å². The number of methoxy groups -OCH3 is 1. The maximum Gasteiger partial charge on any atom is 0.337 e. The van der Waals surface area contributed by atoms with Crippen LogP contribution >= 0.6 is 15.9 Å². The number of benzene rings is 2. The third-order valence-corrected chi connectivity index (χ3v) is 4.20. The summed E-state index contributed by atoms with van der Waals surface area (Å²) in [6.45, 7) is 0.459. The first-order valence-corrected chi connectivity index (χ1v) is 8.15. The maximum absolute atomic E-state index is 12.2. The van der Waals surface area contributed by atoms with Crippen LogP contribution in [0.15, 0.2) is 59.1 Å². The van der Waals surface area contributed by atoms with Crippen molar-refractivity contribution in [3.05, 3.63) is 75.8 Å². The number of likely N-dealkylation sites (N-methyl/N-ethyl adjacent to an activating group) is 1. The summed E-state index contributed by atoms with van der Waals surface area (Å²) in [6.07, 6.45) is 3.33. The van der Waals surface area contributed by atoms with Crippen molar-refractivity contribution in [1.29, 1.82) is 0 Å². The molecule has 0 saturated heterocycles. The summed E-state index contributed by atoms with van der Waals surface area (Å²) in [5.41, 5.74) is 2.37. The van der Waals surface area contributed by atoms with Crippen molar-refractivity contribution in [2.45, 2.75) is 6.54 Å². The van der Waals surface area contributed by atoms with Crippen molar-refractivity contribution >= 4 is 33.9 Å². The fourth-order valence-corrected chi connectivity index (χ4v) is 2.53. The van der Waals surface area contributed by atoms with Gasteiger partial charge in [-0.1, -0.05) is 46.3 Å². The summed E-state index contributed by atoms with van der Waals surface area (Å²) in [5.74, 6) is -0.467. The Morgan fingerprint density at radius 1 is 1.12 bits per heavy atom. The van der Waals surface area contributed by atoms with Gasteiger partial charge in [0.15, 0.2) is 0 Å². The molecule has 1 amide bonds. The average Bonchev–Trinajstić information content (AvgIpc) is 2.60. The number of nitrogens with zero attached hydrogens (tertiary/aromatic N) is 1. The van der Waals surface area contributed by atoms with Gasteiger partial charge >= 0.3 is 5.97 Å². The molecule has 0 unspecified atom stereocenters. The van der Waals surface area contributed by atoms with E-state index in [0.717, 1.165) is 15.6 Å². The Balaban J connectivity index is 1.99. The van der Waals surface area contributed by atoms with Gasteiger partial charge in [-0.05, 0) is 35.4 Å². The predicted octanol–water partition coefficient (Wildman–Crippen LogP) is 3.91. The molecule has 0 aliphatic carbocycles. The van der Waals surface area contributed by atoms with Gasteiger partial charge in [0, 0.05) is 24.1 Å². The van der Waals surface area contributed by atoms with Gasteiger partial charge in [0.05, 0.1) is 12.7 Å². The first-order chi connectivity index (χ1) is 11.5. The van der Waals surface area contributed by atoms with Gasteiger partial charge in [-0.2, -0.15) is 0 Å². The van der Waals surface area contributed by atoms with Gasteiger partial charge in [-0.3, -0.25) is 4.79 Å². The lowest BCUT2D eigenvalue weighted by Gasteiger charge is -2.15. The standard InChI is InChI=1S/C19H18BrNO3/c1-21(13-14-7-9-16(10-8-14)19(23)24-2)18(22)12-11-15-5-3-4-6-17(15)20/h3-12H,13H2,1-2H3/b12-11+. The maximum atomic E-state index is 12.2. The Labute approximate surface area is 149 Å². The predicted molar refractivity (Wildman–Crippen MR) is 97.4 cm³/mol. The number of carbonyl (C=O) groups excluding carboxylic acids is 2. The molecule has 0 spiro atoms. The third kappa shape index (κ3) is 4.80. The molecule has 0 radical (unpaired) electrons. The Hall–Kier alpha value is -2.40. The smallest absolute Gasteiger partial charge is 0.337 e. The molecule has 124 valence electrons. The number of ether oxygens (including phenoxy) is 1. The van der Waals surface area contributed by atoms with E-state index in [1.165, 1.54) is 7.11 Å². The molecule has 0 fully saturated rings. The van der Waals surface area contributed by atoms with E-state index >= 15 is 0 Å². The Morgan fingerprint density at radius 2 is 1.79 bits per heavy atom. The molecular formula is C19H18BrNO3. The molecule has 0 atom stereocenters. The lowest BCUT2D eigenvalue weighted by molar-refractivity contribution is -0.125. The van der Waals surface area contributed by atoms with Crippen LogP contribution in [0.2, 0.25) is 0 Å². The zero-order valence-corrected chi connectivity index (χ0v) is 15.1. The molecule has 2 aromatic carbocycles. The van der Waals surface area contributed by atoms with Crippen molar-refractivity contribution in [1.82, 2.24) is 4.90 Å². The van der Waals surface area contributed by atoms with Gasteiger partial charge < -0.3 is 9.64 Å². The lowest BCUT2D eigenvalue weighted by Crippen LogP contribution is -2.24. The van der Waals surface area contributed by atoms with Crippen molar-refractivity contribution < 1.29 is 14.3 Å². The number of carbonyl (C=O) groups is 2. The first-order valence-electron chi connectivity index (χ1n) is 7.36. The Bertz CT molecular complexity index is 753. The molecule has 2 rings (SSSR count). The van der Waals surface area contributed by atoms with Gasteiger partial charge in [0.1, 0.15) is 0 Å². The molecular weight excluding hydrogens is 370 g/mol. The average molecular weight is 388 g/mol. The summed E-state index contributed by atoms with van der Waals surface area (Å²) in [5, 5.41) is 0. The minimum Gasteiger partial charge on any atom is -0.465 e. The quantitative estimate of drug-likeness (QED) is 0.577. The highest BCUT2D eigenvalue weighted by molar-refractivity contribution is 9.10. The number of esters is 1. The minimum atomic E-state index is -0.373. The van der Waals surface area contributed by atoms with E-state index in [1.807, 2.05) is 36.4 Å². The van der Waals surface area contributed by atoms with Gasteiger partial charge in [-0.15, -0.1) is 0 Å². The van der Waals surface area contributed by atoms with E-state index in [4.69, 9.17) is 0 Å². The fourth-order valence-electron chi connectivity index (χ4n) is 2.11. The van der Waals surface area contributed by atoms with Crippen molar-refractivity contribution in [2.75, 3.05) is 14.2 Å². The van der Waals surface area contributed by atoms with E-state index in [0.29, 0.717) is 12.1 Å². The van der Waals surface area contributed by atoms with Crippen LogP contribution in [0.3, 0.4) is 0 Å². The zero-order valence-electron chi connectivity index (χ0n) is 13.5. The first kappa shape index (κ1) is 17.9. The Kier molecular flexibility index (Phi) is 6.32. The Morgan fingerprint density at radius 3 is 2.42 bits per heavy atom. The molecule has 0 bridgehead atoms. The summed E-state index contributed by atoms with van der Waals surface area (Å²) in [4.78, 5) is 25.2. The highest BCUT2D eigenvalue weighted by atomic mass is 79.9. The zero-order chi connectivity index (χ0) is 17.5. The largest absolute Gasteiger partial charge is 0.465 e. The van der Waals surface area contributed by atoms with E-state index in [2.05, 4.69) is 20.7 Å². The van der Waals surface area contributed by atoms with E-state index in [1.54, 1.807) is 36.2 Å². The second-order valence-corrected chi connectivity index (χ2v) is 6.09. The van der Waals surface area contributed by atoms with Crippen LogP contribution in [-0.4, -0.2) is 30.9 Å². The number of hydrogen-bond acceptors (Lipinski definition) is 3. The van der Waals surface area contributed by atoms with Crippen LogP contribution in [0.4, 0.5) is 0 Å². The fraction of sp³-hybridized carbons (Fsp3) is 0.158. The van der Waals surface area contributed by atoms with Crippen molar-refractivity contribution in [3.63, 3.8) is 0 Å². The van der Waals surface area contributed by atoms with Crippen LogP contribution < -0.4 is 0 Å². The lowest BCUT2D eigenvalue weighted by atomic mass is 10.1. The normalized spacial score (nSPS) is 10.6. The van der Waals surface area contributed by atoms with Crippen LogP contribution in [0.25, 0.3) is 6.08 Å². The number of hydrogen-bond donors (Lipinski definition) is 0. The summed E-state index contributed by atoms with van der Waals surface area (Å²) >= 11 is 3.45. The molecule has 0 N–H and O–H groups in total. The summed E-state index contributed by atoms with van der Waals surface area (Å²) in [6, 6.07) is 14.7. The molecule has 4 nitrogen and oxygen atoms in total. The van der Waals surface area contributed by atoms with Crippen LogP contribution in [-0.2, 0) is 16.1 Å². The van der Waals surface area contributed by atoms with Crippen molar-refractivity contribution in [3.8, 4) is 0 Å². The van der Waals surface area contributed by atoms with Crippen LogP contribution in [0.1, 0.15) is 21.5 Å². The summed E-state index contributed by atoms with van der Waals surface area (Å²) in [7, 11) is 3.08. The molecule has 0 aliphatic rings. The van der Waals surface area contributed by atoms with Gasteiger partial charge in [0.2, 0.25) is 5.91 Å². The van der Waals surface area contributed by atoms with Gasteiger partial charge in [-0.25, -0.2) is 4.79 Å². The van der Waals surface area contributed by atoms with Crippen LogP contribution in [0, 0.1) is 0 Å². The highest BCUT2D eigenvalue weighted by Crippen LogP contribution is 2.17. The monoisotopic (exact) mass is 387 g/mol. The molecule has 0 heterocycles. The summed E-state index contributed by atoms with van der Waals surface area (Å²) < 4.78 is 5.60. The number of amides is 1. The molecule has 0 aromatic heterocycles.